The molecular weight excluding hydrogens is 216 g/mol. The van der Waals surface area contributed by atoms with Crippen LogP contribution in [-0.2, 0) is 0 Å². The van der Waals surface area contributed by atoms with E-state index in [9.17, 15) is 0 Å². The van der Waals surface area contributed by atoms with Gasteiger partial charge in [-0.3, -0.25) is 0 Å². The summed E-state index contributed by atoms with van der Waals surface area (Å²) in [7, 11) is 0. The first-order valence-electron chi connectivity index (χ1n) is 4.03. The first-order chi connectivity index (χ1) is 6.79. The molecule has 70 valence electrons. The third kappa shape index (κ3) is 1.84. The molecule has 2 rings (SSSR count). The molecule has 14 heavy (non-hydrogen) atoms. The monoisotopic (exact) mass is 222 g/mol. The summed E-state index contributed by atoms with van der Waals surface area (Å²) in [4.78, 5) is 1.10. The zero-order valence-corrected chi connectivity index (χ0v) is 8.77. The van der Waals surface area contributed by atoms with Crippen LogP contribution in [-0.4, -0.2) is 0 Å². The number of nitrogens with zero attached hydrogens (tertiary/aromatic N) is 1. The van der Waals surface area contributed by atoms with Gasteiger partial charge in [-0.15, -0.1) is 16.5 Å². The Bertz CT molecular complexity index is 447. The van der Waals surface area contributed by atoms with Crippen LogP contribution in [0.3, 0.4) is 0 Å². The smallest absolute Gasteiger partial charge is 0.138 e. The molecule has 4 heteroatoms. The van der Waals surface area contributed by atoms with Gasteiger partial charge in [0.1, 0.15) is 5.00 Å². The maximum Gasteiger partial charge on any atom is 0.138 e. The minimum absolute atomic E-state index is 0.718. The summed E-state index contributed by atoms with van der Waals surface area (Å²) in [5.74, 6) is 0. The highest BCUT2D eigenvalue weighted by Gasteiger charge is 2.01. The molecule has 0 spiro atoms. The molecule has 0 amide bonds. The van der Waals surface area contributed by atoms with E-state index in [0.717, 1.165) is 20.5 Å². The van der Waals surface area contributed by atoms with Crippen LogP contribution >= 0.6 is 22.9 Å². The van der Waals surface area contributed by atoms with Gasteiger partial charge in [0, 0.05) is 9.90 Å². The topological polar surface area (TPSA) is 36.2 Å². The minimum Gasteiger partial charge on any atom is -0.204 e. The number of thiophene rings is 1. The van der Waals surface area contributed by atoms with Gasteiger partial charge >= 0.3 is 0 Å². The van der Waals surface area contributed by atoms with Gasteiger partial charge in [0.2, 0.25) is 0 Å². The van der Waals surface area contributed by atoms with Crippen LogP contribution in [0.25, 0.3) is 10.4 Å². The largest absolute Gasteiger partial charge is 0.204 e. The van der Waals surface area contributed by atoms with Crippen LogP contribution in [0, 0.1) is 5.53 Å². The second kappa shape index (κ2) is 3.90. The molecule has 1 aromatic carbocycles. The lowest BCUT2D eigenvalue weighted by Gasteiger charge is -1.95. The Morgan fingerprint density at radius 3 is 2.36 bits per heavy atom. The predicted molar refractivity (Wildman–Crippen MR) is 59.6 cm³/mol. The lowest BCUT2D eigenvalue weighted by Crippen LogP contribution is -1.69. The van der Waals surface area contributed by atoms with Crippen molar-refractivity contribution >= 4 is 27.9 Å². The fourth-order valence-electron chi connectivity index (χ4n) is 1.16. The molecule has 0 saturated heterocycles. The number of halogens is 1. The van der Waals surface area contributed by atoms with Gasteiger partial charge in [-0.25, -0.2) is 5.53 Å². The van der Waals surface area contributed by atoms with E-state index in [0.29, 0.717) is 0 Å². The summed E-state index contributed by atoms with van der Waals surface area (Å²) in [6.45, 7) is 0. The van der Waals surface area contributed by atoms with Crippen molar-refractivity contribution in [1.82, 2.24) is 0 Å². The summed E-state index contributed by atoms with van der Waals surface area (Å²) in [6.07, 6.45) is 0. The Kier molecular flexibility index (Phi) is 2.61. The Morgan fingerprint density at radius 1 is 1.07 bits per heavy atom. The molecular formula is C10H7ClN2S. The maximum absolute atomic E-state index is 6.87. The van der Waals surface area contributed by atoms with E-state index in [-0.39, 0.29) is 0 Å². The maximum atomic E-state index is 6.87. The average Bonchev–Trinajstić information content (AvgIpc) is 2.67. The molecule has 2 aromatic rings. The van der Waals surface area contributed by atoms with Gasteiger partial charge < -0.3 is 0 Å². The summed E-state index contributed by atoms with van der Waals surface area (Å²) >= 11 is 7.28. The van der Waals surface area contributed by atoms with E-state index < -0.39 is 0 Å². The zero-order valence-electron chi connectivity index (χ0n) is 7.20. The Balaban J connectivity index is 2.39. The molecule has 1 heterocycles. The Hall–Kier alpha value is -1.19. The van der Waals surface area contributed by atoms with Crippen molar-refractivity contribution in [2.24, 2.45) is 5.11 Å². The molecule has 2 nitrogen and oxygen atoms in total. The van der Waals surface area contributed by atoms with Crippen molar-refractivity contribution < 1.29 is 0 Å². The lowest BCUT2D eigenvalue weighted by atomic mass is 10.2. The van der Waals surface area contributed by atoms with Crippen LogP contribution in [0.1, 0.15) is 0 Å². The highest BCUT2D eigenvalue weighted by atomic mass is 35.5. The second-order valence-electron chi connectivity index (χ2n) is 2.76. The van der Waals surface area contributed by atoms with Crippen molar-refractivity contribution in [2.45, 2.75) is 0 Å². The molecule has 0 radical (unpaired) electrons. The fourth-order valence-corrected chi connectivity index (χ4v) is 2.08. The molecule has 0 fully saturated rings. The lowest BCUT2D eigenvalue weighted by molar-refractivity contribution is 1.17. The molecule has 1 N–H and O–H groups in total. The number of hydrogen-bond donors (Lipinski definition) is 1. The number of hydrogen-bond acceptors (Lipinski definition) is 3. The first-order valence-corrected chi connectivity index (χ1v) is 5.22. The highest BCUT2D eigenvalue weighted by Crippen LogP contribution is 2.33. The molecule has 0 bridgehead atoms. The van der Waals surface area contributed by atoms with E-state index in [1.807, 2.05) is 36.4 Å². The van der Waals surface area contributed by atoms with E-state index in [1.54, 1.807) is 0 Å². The van der Waals surface area contributed by atoms with Crippen molar-refractivity contribution in [1.29, 1.82) is 5.53 Å². The van der Waals surface area contributed by atoms with Crippen molar-refractivity contribution in [3.63, 3.8) is 0 Å². The van der Waals surface area contributed by atoms with Gasteiger partial charge in [-0.05, 0) is 29.8 Å². The fraction of sp³-hybridized carbons (Fsp3) is 0. The van der Waals surface area contributed by atoms with Gasteiger partial charge in [-0.2, -0.15) is 0 Å². The van der Waals surface area contributed by atoms with E-state index in [2.05, 4.69) is 5.11 Å². The van der Waals surface area contributed by atoms with Gasteiger partial charge in [0.25, 0.3) is 0 Å². The summed E-state index contributed by atoms with van der Waals surface area (Å²) in [6, 6.07) is 11.4. The van der Waals surface area contributed by atoms with Crippen molar-refractivity contribution in [2.75, 3.05) is 0 Å². The second-order valence-corrected chi connectivity index (χ2v) is 4.26. The predicted octanol–water partition coefficient (Wildman–Crippen LogP) is 4.73. The quantitative estimate of drug-likeness (QED) is 0.714. The van der Waals surface area contributed by atoms with Crippen molar-refractivity contribution in [3.05, 3.63) is 41.4 Å². The molecule has 0 saturated carbocycles. The average molecular weight is 223 g/mol. The summed E-state index contributed by atoms with van der Waals surface area (Å²) in [5.41, 5.74) is 7.97. The summed E-state index contributed by atoms with van der Waals surface area (Å²) < 4.78 is 0. The van der Waals surface area contributed by atoms with Crippen LogP contribution in [0.15, 0.2) is 41.5 Å². The zero-order chi connectivity index (χ0) is 9.97. The SMILES string of the molecule is N=Nc1ccc(-c2ccc(Cl)cc2)s1. The standard InChI is InChI=1S/C10H7ClN2S/c11-8-3-1-7(2-4-8)9-5-6-10(13-12)14-9/h1-6,12H. The molecule has 0 aliphatic rings. The Labute approximate surface area is 90.7 Å². The minimum atomic E-state index is 0.718. The van der Waals surface area contributed by atoms with Crippen LogP contribution in [0.4, 0.5) is 5.00 Å². The highest BCUT2D eigenvalue weighted by molar-refractivity contribution is 7.19. The first kappa shape index (κ1) is 9.37. The van der Waals surface area contributed by atoms with Crippen LogP contribution in [0.5, 0.6) is 0 Å². The molecule has 0 atom stereocenters. The number of nitrogens with one attached hydrogen (secondary N) is 1. The molecule has 0 aliphatic heterocycles. The third-order valence-electron chi connectivity index (χ3n) is 1.83. The number of benzene rings is 1. The van der Waals surface area contributed by atoms with Gasteiger partial charge in [0.15, 0.2) is 0 Å². The molecule has 0 unspecified atom stereocenters. The van der Waals surface area contributed by atoms with Crippen molar-refractivity contribution in [3.8, 4) is 10.4 Å². The van der Waals surface area contributed by atoms with Gasteiger partial charge in [0.05, 0.1) is 0 Å². The van der Waals surface area contributed by atoms with E-state index in [4.69, 9.17) is 17.1 Å². The van der Waals surface area contributed by atoms with Crippen LogP contribution < -0.4 is 0 Å². The normalized spacial score (nSPS) is 10.1. The molecule has 1 aromatic heterocycles. The number of rotatable bonds is 2. The molecule has 0 aliphatic carbocycles. The Morgan fingerprint density at radius 2 is 1.79 bits per heavy atom. The van der Waals surface area contributed by atoms with Crippen LogP contribution in [0.2, 0.25) is 5.02 Å². The van der Waals surface area contributed by atoms with E-state index >= 15 is 0 Å². The van der Waals surface area contributed by atoms with Gasteiger partial charge in [-0.1, -0.05) is 23.7 Å². The third-order valence-corrected chi connectivity index (χ3v) is 3.11. The summed E-state index contributed by atoms with van der Waals surface area (Å²) in [5, 5.41) is 4.83. The van der Waals surface area contributed by atoms with E-state index in [1.165, 1.54) is 11.3 Å².